The molecule has 0 aliphatic heterocycles. The Hall–Kier alpha value is -1.85. The van der Waals surface area contributed by atoms with Gasteiger partial charge < -0.3 is 15.2 Å². The number of ether oxygens (including phenoxy) is 1. The van der Waals surface area contributed by atoms with Gasteiger partial charge in [0.05, 0.1) is 6.61 Å². The van der Waals surface area contributed by atoms with Crippen molar-refractivity contribution in [1.82, 2.24) is 9.97 Å². The fraction of sp³-hybridized carbons (Fsp3) is 0.667. The molecule has 0 radical (unpaired) electrons. The fourth-order valence-corrected chi connectivity index (χ4v) is 1.92. The van der Waals surface area contributed by atoms with Crippen LogP contribution in [0.15, 0.2) is 6.07 Å². The van der Waals surface area contributed by atoms with Crippen LogP contribution in [0.5, 0.6) is 5.88 Å². The average molecular weight is 295 g/mol. The Morgan fingerprint density at radius 3 is 2.71 bits per heavy atom. The molecule has 0 aromatic carbocycles. The fourth-order valence-electron chi connectivity index (χ4n) is 1.92. The molecule has 21 heavy (non-hydrogen) atoms. The minimum Gasteiger partial charge on any atom is -0.481 e. The largest absolute Gasteiger partial charge is 0.481 e. The number of hydrogen-bond donors (Lipinski definition) is 2. The molecule has 2 N–H and O–H groups in total. The van der Waals surface area contributed by atoms with Gasteiger partial charge in [-0.1, -0.05) is 13.8 Å². The standard InChI is InChI=1S/C15H25N3O3/c1-5-21-12-10-11(2)17-14(18-12)16-9-8-15(3,4)7-6-13(19)20/h10H,5-9H2,1-4H3,(H,19,20)(H,16,17,18). The number of anilines is 1. The van der Waals surface area contributed by atoms with E-state index < -0.39 is 5.97 Å². The molecule has 6 nitrogen and oxygen atoms in total. The first-order valence-electron chi connectivity index (χ1n) is 7.26. The normalized spacial score (nSPS) is 11.2. The van der Waals surface area contributed by atoms with Crippen LogP contribution in [0.25, 0.3) is 0 Å². The summed E-state index contributed by atoms with van der Waals surface area (Å²) in [4.78, 5) is 19.2. The molecule has 0 unspecified atom stereocenters. The smallest absolute Gasteiger partial charge is 0.303 e. The Balaban J connectivity index is 2.49. The number of carbonyl (C=O) groups is 1. The van der Waals surface area contributed by atoms with Crippen LogP contribution >= 0.6 is 0 Å². The Labute approximate surface area is 126 Å². The molecule has 1 aromatic rings. The number of rotatable bonds is 9. The molecule has 118 valence electrons. The van der Waals surface area contributed by atoms with Crippen LogP contribution in [-0.2, 0) is 4.79 Å². The van der Waals surface area contributed by atoms with Gasteiger partial charge in [-0.05, 0) is 32.1 Å². The molecule has 1 rings (SSSR count). The highest BCUT2D eigenvalue weighted by atomic mass is 16.5. The van der Waals surface area contributed by atoms with Crippen molar-refractivity contribution >= 4 is 11.9 Å². The molecular weight excluding hydrogens is 270 g/mol. The minimum atomic E-state index is -0.751. The molecular formula is C15H25N3O3. The van der Waals surface area contributed by atoms with E-state index >= 15 is 0 Å². The van der Waals surface area contributed by atoms with Gasteiger partial charge in [0.2, 0.25) is 11.8 Å². The topological polar surface area (TPSA) is 84.3 Å². The van der Waals surface area contributed by atoms with Gasteiger partial charge in [0.25, 0.3) is 0 Å². The second kappa shape index (κ2) is 7.81. The van der Waals surface area contributed by atoms with Crippen LogP contribution in [0.1, 0.15) is 45.7 Å². The summed E-state index contributed by atoms with van der Waals surface area (Å²) in [5, 5.41) is 11.9. The number of aromatic nitrogens is 2. The number of carboxylic acid groups (broad SMARTS) is 1. The van der Waals surface area contributed by atoms with Gasteiger partial charge in [-0.3, -0.25) is 4.79 Å². The molecule has 1 heterocycles. The SMILES string of the molecule is CCOc1cc(C)nc(NCCC(C)(C)CCC(=O)O)n1. The van der Waals surface area contributed by atoms with E-state index in [0.29, 0.717) is 31.4 Å². The monoisotopic (exact) mass is 295 g/mol. The third-order valence-electron chi connectivity index (χ3n) is 3.22. The summed E-state index contributed by atoms with van der Waals surface area (Å²) in [7, 11) is 0. The van der Waals surface area contributed by atoms with Gasteiger partial charge in [-0.25, -0.2) is 4.98 Å². The number of nitrogens with zero attached hydrogens (tertiary/aromatic N) is 2. The van der Waals surface area contributed by atoms with Crippen LogP contribution in [0.3, 0.4) is 0 Å². The quantitative estimate of drug-likeness (QED) is 0.728. The third kappa shape index (κ3) is 6.92. The van der Waals surface area contributed by atoms with Crippen molar-refractivity contribution in [2.24, 2.45) is 5.41 Å². The lowest BCUT2D eigenvalue weighted by atomic mass is 9.84. The minimum absolute atomic E-state index is 0.0298. The Morgan fingerprint density at radius 1 is 1.38 bits per heavy atom. The van der Waals surface area contributed by atoms with Crippen molar-refractivity contribution in [2.75, 3.05) is 18.5 Å². The van der Waals surface area contributed by atoms with E-state index in [4.69, 9.17) is 9.84 Å². The number of hydrogen-bond acceptors (Lipinski definition) is 5. The number of carboxylic acids is 1. The molecule has 0 aliphatic rings. The van der Waals surface area contributed by atoms with E-state index in [-0.39, 0.29) is 11.8 Å². The van der Waals surface area contributed by atoms with Crippen LogP contribution < -0.4 is 10.1 Å². The number of aryl methyl sites for hydroxylation is 1. The summed E-state index contributed by atoms with van der Waals surface area (Å²) in [6, 6.07) is 1.80. The van der Waals surface area contributed by atoms with Gasteiger partial charge in [0.15, 0.2) is 0 Å². The van der Waals surface area contributed by atoms with Crippen molar-refractivity contribution in [3.8, 4) is 5.88 Å². The first-order valence-corrected chi connectivity index (χ1v) is 7.26. The van der Waals surface area contributed by atoms with Crippen molar-refractivity contribution in [2.45, 2.75) is 47.0 Å². The van der Waals surface area contributed by atoms with Gasteiger partial charge >= 0.3 is 5.97 Å². The van der Waals surface area contributed by atoms with Crippen molar-refractivity contribution in [3.05, 3.63) is 11.8 Å². The predicted octanol–water partition coefficient (Wildman–Crippen LogP) is 2.88. The molecule has 0 spiro atoms. The maximum absolute atomic E-state index is 10.6. The van der Waals surface area contributed by atoms with E-state index in [2.05, 4.69) is 29.1 Å². The molecule has 0 saturated carbocycles. The Bertz CT molecular complexity index is 475. The summed E-state index contributed by atoms with van der Waals surface area (Å²) >= 11 is 0. The molecule has 0 amide bonds. The lowest BCUT2D eigenvalue weighted by molar-refractivity contribution is -0.137. The number of aliphatic carboxylic acids is 1. The molecule has 1 aromatic heterocycles. The Kier molecular flexibility index (Phi) is 6.39. The van der Waals surface area contributed by atoms with Gasteiger partial charge in [-0.2, -0.15) is 4.98 Å². The van der Waals surface area contributed by atoms with Crippen LogP contribution in [-0.4, -0.2) is 34.2 Å². The van der Waals surface area contributed by atoms with Crippen LogP contribution in [0.4, 0.5) is 5.95 Å². The van der Waals surface area contributed by atoms with E-state index in [1.165, 1.54) is 0 Å². The molecule has 0 saturated heterocycles. The summed E-state index contributed by atoms with van der Waals surface area (Å²) in [5.41, 5.74) is 0.818. The van der Waals surface area contributed by atoms with E-state index in [1.54, 1.807) is 6.07 Å². The molecule has 6 heteroatoms. The van der Waals surface area contributed by atoms with E-state index in [9.17, 15) is 4.79 Å². The highest BCUT2D eigenvalue weighted by molar-refractivity contribution is 5.66. The summed E-state index contributed by atoms with van der Waals surface area (Å²) in [6.07, 6.45) is 1.70. The van der Waals surface area contributed by atoms with E-state index in [1.807, 2.05) is 13.8 Å². The van der Waals surface area contributed by atoms with E-state index in [0.717, 1.165) is 12.1 Å². The zero-order valence-corrected chi connectivity index (χ0v) is 13.3. The maximum atomic E-state index is 10.6. The predicted molar refractivity (Wildman–Crippen MR) is 81.7 cm³/mol. The lowest BCUT2D eigenvalue weighted by Gasteiger charge is -2.23. The second-order valence-electron chi connectivity index (χ2n) is 5.84. The zero-order valence-electron chi connectivity index (χ0n) is 13.3. The van der Waals surface area contributed by atoms with Crippen molar-refractivity contribution < 1.29 is 14.6 Å². The number of nitrogens with one attached hydrogen (secondary N) is 1. The first-order chi connectivity index (χ1) is 9.82. The summed E-state index contributed by atoms with van der Waals surface area (Å²) in [6.45, 7) is 9.21. The molecule has 0 aliphatic carbocycles. The van der Waals surface area contributed by atoms with Gasteiger partial charge in [0, 0.05) is 24.7 Å². The van der Waals surface area contributed by atoms with Crippen LogP contribution in [0.2, 0.25) is 0 Å². The van der Waals surface area contributed by atoms with Gasteiger partial charge in [0.1, 0.15) is 0 Å². The first kappa shape index (κ1) is 17.2. The Morgan fingerprint density at radius 2 is 2.10 bits per heavy atom. The van der Waals surface area contributed by atoms with Crippen molar-refractivity contribution in [3.63, 3.8) is 0 Å². The summed E-state index contributed by atoms with van der Waals surface area (Å²) < 4.78 is 5.38. The molecule has 0 bridgehead atoms. The average Bonchev–Trinajstić information content (AvgIpc) is 2.36. The van der Waals surface area contributed by atoms with Crippen molar-refractivity contribution in [1.29, 1.82) is 0 Å². The molecule has 0 fully saturated rings. The highest BCUT2D eigenvalue weighted by Crippen LogP contribution is 2.26. The third-order valence-corrected chi connectivity index (χ3v) is 3.22. The summed E-state index contributed by atoms with van der Waals surface area (Å²) in [5.74, 6) is 0.365. The second-order valence-corrected chi connectivity index (χ2v) is 5.84. The lowest BCUT2D eigenvalue weighted by Crippen LogP contribution is -2.19. The highest BCUT2D eigenvalue weighted by Gasteiger charge is 2.19. The maximum Gasteiger partial charge on any atom is 0.303 e. The zero-order chi connectivity index (χ0) is 15.9. The van der Waals surface area contributed by atoms with Gasteiger partial charge in [-0.15, -0.1) is 0 Å². The molecule has 0 atom stereocenters. The van der Waals surface area contributed by atoms with Crippen LogP contribution in [0, 0.1) is 12.3 Å².